The average molecular weight is 430 g/mol. The van der Waals surface area contributed by atoms with Gasteiger partial charge in [-0.2, -0.15) is 0 Å². The lowest BCUT2D eigenvalue weighted by Crippen LogP contribution is -2.60. The van der Waals surface area contributed by atoms with E-state index in [0.29, 0.717) is 12.0 Å². The van der Waals surface area contributed by atoms with Gasteiger partial charge in [0.15, 0.2) is 0 Å². The summed E-state index contributed by atoms with van der Waals surface area (Å²) in [5, 5.41) is 2.79. The first-order valence-corrected chi connectivity index (χ1v) is 11.7. The van der Waals surface area contributed by atoms with E-state index < -0.39 is 11.9 Å². The van der Waals surface area contributed by atoms with E-state index in [4.69, 9.17) is 10.5 Å². The summed E-state index contributed by atoms with van der Waals surface area (Å²) >= 11 is 0. The predicted molar refractivity (Wildman–Crippen MR) is 123 cm³/mol. The van der Waals surface area contributed by atoms with E-state index in [0.717, 1.165) is 38.1 Å². The number of amides is 2. The van der Waals surface area contributed by atoms with E-state index in [9.17, 15) is 9.59 Å². The van der Waals surface area contributed by atoms with Crippen molar-refractivity contribution in [1.82, 2.24) is 10.2 Å². The molecule has 1 heterocycles. The van der Waals surface area contributed by atoms with Crippen molar-refractivity contribution in [1.29, 1.82) is 0 Å². The molecule has 2 amide bonds. The third-order valence-electron chi connectivity index (χ3n) is 7.75. The number of benzene rings is 1. The molecule has 5 atom stereocenters. The van der Waals surface area contributed by atoms with Crippen LogP contribution in [0.5, 0.6) is 5.75 Å². The van der Waals surface area contributed by atoms with E-state index >= 15 is 0 Å². The number of nitrogens with two attached hydrogens (primary N) is 1. The fraction of sp³-hybridized carbons (Fsp3) is 0.680. The van der Waals surface area contributed by atoms with Gasteiger partial charge in [0.2, 0.25) is 11.8 Å². The number of carbonyl (C=O) groups excluding carboxylic acids is 2. The Labute approximate surface area is 186 Å². The third-order valence-corrected chi connectivity index (χ3v) is 7.75. The monoisotopic (exact) mass is 429 g/mol. The highest BCUT2D eigenvalue weighted by Crippen LogP contribution is 2.52. The summed E-state index contributed by atoms with van der Waals surface area (Å²) in [5.41, 5.74) is 7.99. The minimum Gasteiger partial charge on any atom is -0.497 e. The van der Waals surface area contributed by atoms with Crippen LogP contribution >= 0.6 is 0 Å². The number of likely N-dealkylation sites (tertiary alicyclic amines) is 1. The van der Waals surface area contributed by atoms with Crippen LogP contribution in [-0.2, 0) is 21.4 Å². The maximum Gasteiger partial charge on any atom is 0.239 e. The molecule has 3 rings (SSSR count). The molecule has 1 aliphatic heterocycles. The van der Waals surface area contributed by atoms with E-state index in [1.54, 1.807) is 14.0 Å². The second kappa shape index (κ2) is 9.60. The Morgan fingerprint density at radius 1 is 1.35 bits per heavy atom. The molecule has 1 fully saturated rings. The van der Waals surface area contributed by atoms with Crippen molar-refractivity contribution < 1.29 is 14.3 Å². The van der Waals surface area contributed by atoms with Gasteiger partial charge < -0.3 is 15.8 Å². The molecule has 1 aromatic rings. The largest absolute Gasteiger partial charge is 0.497 e. The standard InChI is InChI=1S/C25H39N3O3/c1-6-7-11-28-12-10-25(15-16(2)24(30)27-18(4)23(26)29)17(3)22(28)13-19-8-9-20(31-5)14-21(19)25/h8-9,14,16-18,22H,6-7,10-13,15H2,1-5H3,(H2,26,29)(H,27,30). The molecule has 0 aromatic heterocycles. The molecule has 2 bridgehead atoms. The Kier molecular flexibility index (Phi) is 7.30. The summed E-state index contributed by atoms with van der Waals surface area (Å²) in [6.45, 7) is 10.4. The van der Waals surface area contributed by atoms with Crippen molar-refractivity contribution in [3.8, 4) is 5.75 Å². The van der Waals surface area contributed by atoms with Crippen LogP contribution in [0, 0.1) is 11.8 Å². The second-order valence-electron chi connectivity index (χ2n) is 9.62. The number of nitrogens with one attached hydrogen (secondary N) is 1. The van der Waals surface area contributed by atoms with Crippen LogP contribution in [0.2, 0.25) is 0 Å². The number of hydrogen-bond donors (Lipinski definition) is 2. The molecule has 6 nitrogen and oxygen atoms in total. The highest BCUT2D eigenvalue weighted by Gasteiger charge is 2.52. The van der Waals surface area contributed by atoms with Crippen molar-refractivity contribution in [2.45, 2.75) is 77.3 Å². The van der Waals surface area contributed by atoms with Crippen molar-refractivity contribution >= 4 is 11.8 Å². The molecule has 2 aliphatic rings. The van der Waals surface area contributed by atoms with Crippen molar-refractivity contribution in [2.24, 2.45) is 17.6 Å². The molecule has 5 unspecified atom stereocenters. The van der Waals surface area contributed by atoms with Gasteiger partial charge >= 0.3 is 0 Å². The van der Waals surface area contributed by atoms with Gasteiger partial charge in [-0.15, -0.1) is 0 Å². The molecule has 6 heteroatoms. The van der Waals surface area contributed by atoms with Gasteiger partial charge in [0, 0.05) is 17.4 Å². The van der Waals surface area contributed by atoms with E-state index in [1.165, 1.54) is 24.0 Å². The van der Waals surface area contributed by atoms with E-state index in [-0.39, 0.29) is 17.2 Å². The molecule has 31 heavy (non-hydrogen) atoms. The van der Waals surface area contributed by atoms with Crippen LogP contribution in [0.1, 0.15) is 64.5 Å². The summed E-state index contributed by atoms with van der Waals surface area (Å²) in [6, 6.07) is 6.29. The van der Waals surface area contributed by atoms with Gasteiger partial charge in [0.05, 0.1) is 7.11 Å². The van der Waals surface area contributed by atoms with E-state index in [1.807, 2.05) is 6.92 Å². The van der Waals surface area contributed by atoms with Gasteiger partial charge in [-0.3, -0.25) is 14.5 Å². The molecular formula is C25H39N3O3. The molecule has 3 N–H and O–H groups in total. The Balaban J connectivity index is 1.93. The van der Waals surface area contributed by atoms with Gasteiger partial charge in [-0.05, 0) is 74.9 Å². The number of fused-ring (bicyclic) bond motifs is 4. The number of primary amides is 1. The zero-order valence-electron chi connectivity index (χ0n) is 19.7. The number of ether oxygens (including phenoxy) is 1. The lowest BCUT2D eigenvalue weighted by atomic mass is 9.55. The molecule has 0 saturated carbocycles. The fourth-order valence-corrected chi connectivity index (χ4v) is 5.76. The fourth-order valence-electron chi connectivity index (χ4n) is 5.76. The Hall–Kier alpha value is -2.08. The minimum atomic E-state index is -0.660. The number of unbranched alkanes of at least 4 members (excludes halogenated alkanes) is 1. The summed E-state index contributed by atoms with van der Waals surface area (Å²) in [6.07, 6.45) is 5.24. The Morgan fingerprint density at radius 3 is 2.74 bits per heavy atom. The van der Waals surface area contributed by atoms with Crippen LogP contribution < -0.4 is 15.8 Å². The SMILES string of the molecule is CCCCN1CCC2(CC(C)C(=O)NC(C)C(N)=O)c3cc(OC)ccc3CC1C2C. The number of carbonyl (C=O) groups is 2. The predicted octanol–water partition coefficient (Wildman–Crippen LogP) is 3.02. The van der Waals surface area contributed by atoms with Gasteiger partial charge in [-0.25, -0.2) is 0 Å². The van der Waals surface area contributed by atoms with Gasteiger partial charge in [0.1, 0.15) is 11.8 Å². The normalized spacial score (nSPS) is 27.1. The smallest absolute Gasteiger partial charge is 0.239 e. The summed E-state index contributed by atoms with van der Waals surface area (Å²) in [7, 11) is 1.71. The van der Waals surface area contributed by atoms with Crippen LogP contribution in [0.3, 0.4) is 0 Å². The number of rotatable bonds is 9. The van der Waals surface area contributed by atoms with Gasteiger partial charge in [-0.1, -0.05) is 33.3 Å². The quantitative estimate of drug-likeness (QED) is 0.632. The Bertz CT molecular complexity index is 811. The zero-order chi connectivity index (χ0) is 22.8. The van der Waals surface area contributed by atoms with E-state index in [2.05, 4.69) is 42.3 Å². The maximum atomic E-state index is 12.9. The second-order valence-corrected chi connectivity index (χ2v) is 9.62. The highest BCUT2D eigenvalue weighted by atomic mass is 16.5. The molecule has 1 aromatic carbocycles. The molecule has 0 radical (unpaired) electrons. The highest BCUT2D eigenvalue weighted by molar-refractivity contribution is 5.87. The summed E-state index contributed by atoms with van der Waals surface area (Å²) < 4.78 is 5.56. The van der Waals surface area contributed by atoms with Crippen LogP contribution in [0.4, 0.5) is 0 Å². The van der Waals surface area contributed by atoms with Crippen molar-refractivity contribution in [2.75, 3.05) is 20.2 Å². The topological polar surface area (TPSA) is 84.7 Å². The average Bonchev–Trinajstić information content (AvgIpc) is 2.74. The molecule has 1 saturated heterocycles. The lowest BCUT2D eigenvalue weighted by Gasteiger charge is -2.57. The zero-order valence-corrected chi connectivity index (χ0v) is 19.7. The van der Waals surface area contributed by atoms with Crippen molar-refractivity contribution in [3.63, 3.8) is 0 Å². The molecule has 1 aliphatic carbocycles. The first-order chi connectivity index (χ1) is 14.7. The number of hydrogen-bond acceptors (Lipinski definition) is 4. The molecule has 172 valence electrons. The van der Waals surface area contributed by atoms with Crippen LogP contribution in [0.15, 0.2) is 18.2 Å². The number of methoxy groups -OCH3 is 1. The molecular weight excluding hydrogens is 390 g/mol. The number of nitrogens with zero attached hydrogens (tertiary/aromatic N) is 1. The van der Waals surface area contributed by atoms with Crippen LogP contribution in [-0.4, -0.2) is 49.0 Å². The summed E-state index contributed by atoms with van der Waals surface area (Å²) in [5.74, 6) is 0.472. The third kappa shape index (κ3) is 4.59. The summed E-state index contributed by atoms with van der Waals surface area (Å²) in [4.78, 5) is 27.0. The van der Waals surface area contributed by atoms with Crippen LogP contribution in [0.25, 0.3) is 0 Å². The van der Waals surface area contributed by atoms with Gasteiger partial charge in [0.25, 0.3) is 0 Å². The number of piperidine rings is 1. The van der Waals surface area contributed by atoms with Crippen molar-refractivity contribution in [3.05, 3.63) is 29.3 Å². The minimum absolute atomic E-state index is 0.0811. The lowest BCUT2D eigenvalue weighted by molar-refractivity contribution is -0.130. The molecule has 0 spiro atoms. The first kappa shape index (κ1) is 23.6. The Morgan fingerprint density at radius 2 is 2.10 bits per heavy atom. The first-order valence-electron chi connectivity index (χ1n) is 11.7. The maximum absolute atomic E-state index is 12.9.